The number of nitrogens with zero attached hydrogens (tertiary/aromatic N) is 1. The second kappa shape index (κ2) is 7.53. The fourth-order valence-corrected chi connectivity index (χ4v) is 3.14. The Kier molecular flexibility index (Phi) is 5.31. The van der Waals surface area contributed by atoms with E-state index >= 15 is 0 Å². The van der Waals surface area contributed by atoms with E-state index in [0.29, 0.717) is 5.56 Å². The predicted molar refractivity (Wildman–Crippen MR) is 95.6 cm³/mol. The van der Waals surface area contributed by atoms with Crippen molar-refractivity contribution in [2.45, 2.75) is 32.1 Å². The molecule has 5 nitrogen and oxygen atoms in total. The van der Waals surface area contributed by atoms with Gasteiger partial charge in [-0.1, -0.05) is 23.8 Å². The van der Waals surface area contributed by atoms with Crippen molar-refractivity contribution in [3.8, 4) is 5.75 Å². The minimum atomic E-state index is -4.40. The fourth-order valence-electron chi connectivity index (χ4n) is 3.14. The van der Waals surface area contributed by atoms with Crippen molar-refractivity contribution in [3.05, 3.63) is 64.7 Å². The third-order valence-electron chi connectivity index (χ3n) is 4.60. The van der Waals surface area contributed by atoms with Crippen molar-refractivity contribution in [2.75, 3.05) is 6.54 Å². The highest BCUT2D eigenvalue weighted by atomic mass is 19.4. The average molecular weight is 392 g/mol. The third-order valence-corrected chi connectivity index (χ3v) is 4.60. The SMILES string of the molecule is Cc1ccc(O)c(C(=O)N[C@@H]2CC(=O)N(Cc3ccc(C(F)(F)F)cc3)C2)c1. The van der Waals surface area contributed by atoms with Crippen molar-refractivity contribution >= 4 is 11.8 Å². The van der Waals surface area contributed by atoms with Crippen molar-refractivity contribution in [1.29, 1.82) is 0 Å². The number of phenols is 1. The number of aromatic hydroxyl groups is 1. The summed E-state index contributed by atoms with van der Waals surface area (Å²) >= 11 is 0. The molecule has 1 heterocycles. The molecule has 1 saturated heterocycles. The molecule has 0 spiro atoms. The lowest BCUT2D eigenvalue weighted by Crippen LogP contribution is -2.37. The normalized spacial score (nSPS) is 17.1. The Morgan fingerprint density at radius 3 is 2.54 bits per heavy atom. The number of rotatable bonds is 4. The molecule has 2 N–H and O–H groups in total. The second-order valence-corrected chi connectivity index (χ2v) is 6.86. The monoisotopic (exact) mass is 392 g/mol. The molecule has 3 rings (SSSR count). The third kappa shape index (κ3) is 4.44. The van der Waals surface area contributed by atoms with E-state index in [-0.39, 0.29) is 36.7 Å². The van der Waals surface area contributed by atoms with Crippen LogP contribution in [0.1, 0.15) is 33.5 Å². The molecule has 0 aromatic heterocycles. The number of halogens is 3. The van der Waals surface area contributed by atoms with Gasteiger partial charge < -0.3 is 15.3 Å². The standard InChI is InChI=1S/C20H19F3N2O3/c1-12-2-7-17(26)16(8-12)19(28)24-15-9-18(27)25(11-15)10-13-3-5-14(6-4-13)20(21,22)23/h2-8,15,26H,9-11H2,1H3,(H,24,28)/t15-/m1/s1. The van der Waals surface area contributed by atoms with Gasteiger partial charge in [0.1, 0.15) is 5.75 Å². The van der Waals surface area contributed by atoms with Gasteiger partial charge in [-0.3, -0.25) is 9.59 Å². The van der Waals surface area contributed by atoms with E-state index in [2.05, 4.69) is 5.32 Å². The van der Waals surface area contributed by atoms with Crippen molar-refractivity contribution < 1.29 is 27.9 Å². The van der Waals surface area contributed by atoms with Crippen LogP contribution in [0.25, 0.3) is 0 Å². The van der Waals surface area contributed by atoms with Gasteiger partial charge in [0.25, 0.3) is 5.91 Å². The Balaban J connectivity index is 1.62. The van der Waals surface area contributed by atoms with Crippen LogP contribution in [0.4, 0.5) is 13.2 Å². The van der Waals surface area contributed by atoms with Gasteiger partial charge in [0, 0.05) is 19.5 Å². The number of hydrogen-bond acceptors (Lipinski definition) is 3. The molecule has 0 saturated carbocycles. The van der Waals surface area contributed by atoms with E-state index in [1.165, 1.54) is 23.1 Å². The quantitative estimate of drug-likeness (QED) is 0.839. The molecular weight excluding hydrogens is 373 g/mol. The molecule has 1 atom stereocenters. The topological polar surface area (TPSA) is 69.6 Å². The van der Waals surface area contributed by atoms with Gasteiger partial charge >= 0.3 is 6.18 Å². The number of amides is 2. The summed E-state index contributed by atoms with van der Waals surface area (Å²) in [5, 5.41) is 12.6. The van der Waals surface area contributed by atoms with Crippen molar-refractivity contribution in [3.63, 3.8) is 0 Å². The first kappa shape index (κ1) is 19.7. The number of hydrogen-bond donors (Lipinski definition) is 2. The molecule has 2 amide bonds. The highest BCUT2D eigenvalue weighted by Gasteiger charge is 2.32. The maximum Gasteiger partial charge on any atom is 0.416 e. The molecule has 0 radical (unpaired) electrons. The lowest BCUT2D eigenvalue weighted by molar-refractivity contribution is -0.137. The zero-order valence-electron chi connectivity index (χ0n) is 15.1. The minimum absolute atomic E-state index is 0.0962. The van der Waals surface area contributed by atoms with Crippen molar-refractivity contribution in [1.82, 2.24) is 10.2 Å². The van der Waals surface area contributed by atoms with Gasteiger partial charge in [-0.15, -0.1) is 0 Å². The number of carbonyl (C=O) groups excluding carboxylic acids is 2. The van der Waals surface area contributed by atoms with Crippen LogP contribution in [0.3, 0.4) is 0 Å². The summed E-state index contributed by atoms with van der Waals surface area (Å²) in [5.41, 5.74) is 0.778. The Bertz CT molecular complexity index is 895. The molecule has 0 unspecified atom stereocenters. The van der Waals surface area contributed by atoms with Gasteiger partial charge in [0.15, 0.2) is 0 Å². The number of alkyl halides is 3. The largest absolute Gasteiger partial charge is 0.507 e. The second-order valence-electron chi connectivity index (χ2n) is 6.86. The van der Waals surface area contributed by atoms with E-state index in [4.69, 9.17) is 0 Å². The average Bonchev–Trinajstić information content (AvgIpc) is 2.95. The first-order chi connectivity index (χ1) is 13.1. The van der Waals surface area contributed by atoms with E-state index in [9.17, 15) is 27.9 Å². The Hall–Kier alpha value is -3.03. The smallest absolute Gasteiger partial charge is 0.416 e. The molecule has 148 valence electrons. The van der Waals surface area contributed by atoms with Gasteiger partial charge in [-0.05, 0) is 36.8 Å². The molecule has 1 aliphatic rings. The van der Waals surface area contributed by atoms with Gasteiger partial charge in [-0.25, -0.2) is 0 Å². The minimum Gasteiger partial charge on any atom is -0.507 e. The zero-order valence-corrected chi connectivity index (χ0v) is 15.1. The highest BCUT2D eigenvalue weighted by molar-refractivity contribution is 5.97. The number of benzene rings is 2. The Labute approximate surface area is 159 Å². The lowest BCUT2D eigenvalue weighted by atomic mass is 10.1. The molecule has 1 fully saturated rings. The maximum absolute atomic E-state index is 12.6. The maximum atomic E-state index is 12.6. The van der Waals surface area contributed by atoms with Crippen LogP contribution in [-0.4, -0.2) is 34.4 Å². The van der Waals surface area contributed by atoms with Crippen LogP contribution in [0, 0.1) is 6.92 Å². The molecule has 8 heteroatoms. The molecular formula is C20H19F3N2O3. The van der Waals surface area contributed by atoms with Crippen LogP contribution < -0.4 is 5.32 Å². The number of likely N-dealkylation sites (tertiary alicyclic amines) is 1. The number of aryl methyl sites for hydroxylation is 1. The Morgan fingerprint density at radius 1 is 1.21 bits per heavy atom. The van der Waals surface area contributed by atoms with E-state index in [1.807, 2.05) is 0 Å². The highest BCUT2D eigenvalue weighted by Crippen LogP contribution is 2.29. The molecule has 28 heavy (non-hydrogen) atoms. The number of carbonyl (C=O) groups is 2. The van der Waals surface area contributed by atoms with Crippen LogP contribution in [0.15, 0.2) is 42.5 Å². The lowest BCUT2D eigenvalue weighted by Gasteiger charge is -2.18. The summed E-state index contributed by atoms with van der Waals surface area (Å²) in [6.07, 6.45) is -4.31. The first-order valence-electron chi connectivity index (χ1n) is 8.68. The predicted octanol–water partition coefficient (Wildman–Crippen LogP) is 3.25. The molecule has 2 aromatic carbocycles. The fraction of sp³-hybridized carbons (Fsp3) is 0.300. The molecule has 0 bridgehead atoms. The number of phenolic OH excluding ortho intramolecular Hbond substituents is 1. The van der Waals surface area contributed by atoms with E-state index < -0.39 is 23.7 Å². The van der Waals surface area contributed by atoms with Crippen LogP contribution in [0.5, 0.6) is 5.75 Å². The summed E-state index contributed by atoms with van der Waals surface area (Å²) in [4.78, 5) is 26.1. The van der Waals surface area contributed by atoms with Gasteiger partial charge in [-0.2, -0.15) is 13.2 Å². The van der Waals surface area contributed by atoms with Crippen molar-refractivity contribution in [2.24, 2.45) is 0 Å². The summed E-state index contributed by atoms with van der Waals surface area (Å²) in [6.45, 7) is 2.21. The summed E-state index contributed by atoms with van der Waals surface area (Å²) in [5.74, 6) is -0.817. The molecule has 0 aliphatic carbocycles. The molecule has 1 aliphatic heterocycles. The molecule has 2 aromatic rings. The van der Waals surface area contributed by atoms with E-state index in [0.717, 1.165) is 17.7 Å². The summed E-state index contributed by atoms with van der Waals surface area (Å²) < 4.78 is 37.9. The first-order valence-corrected chi connectivity index (χ1v) is 8.68. The van der Waals surface area contributed by atoms with Gasteiger partial charge in [0.2, 0.25) is 5.91 Å². The summed E-state index contributed by atoms with van der Waals surface area (Å²) in [6, 6.07) is 8.87. The Morgan fingerprint density at radius 2 is 1.89 bits per heavy atom. The van der Waals surface area contributed by atoms with Gasteiger partial charge in [0.05, 0.1) is 17.2 Å². The zero-order chi connectivity index (χ0) is 20.5. The van der Waals surface area contributed by atoms with Crippen LogP contribution in [-0.2, 0) is 17.5 Å². The van der Waals surface area contributed by atoms with Crippen LogP contribution >= 0.6 is 0 Å². The number of nitrogens with one attached hydrogen (secondary N) is 1. The van der Waals surface area contributed by atoms with E-state index in [1.54, 1.807) is 19.1 Å². The van der Waals surface area contributed by atoms with Crippen LogP contribution in [0.2, 0.25) is 0 Å². The summed E-state index contributed by atoms with van der Waals surface area (Å²) in [7, 11) is 0.